The molecule has 0 spiro atoms. The van der Waals surface area contributed by atoms with Crippen molar-refractivity contribution in [3.63, 3.8) is 0 Å². The fourth-order valence-corrected chi connectivity index (χ4v) is 3.36. The lowest BCUT2D eigenvalue weighted by atomic mass is 10.2. The van der Waals surface area contributed by atoms with Crippen LogP contribution in [0.1, 0.15) is 13.8 Å². The molecule has 0 saturated heterocycles. The molecule has 2 aromatic carbocycles. The van der Waals surface area contributed by atoms with Gasteiger partial charge in [-0.15, -0.1) is 10.2 Å². The first kappa shape index (κ1) is 18.1. The molecule has 0 saturated carbocycles. The molecule has 1 amide bonds. The lowest BCUT2D eigenvalue weighted by Gasteiger charge is -2.13. The smallest absolute Gasteiger partial charge is 0.237 e. The maximum Gasteiger partial charge on any atom is 0.237 e. The molecule has 0 fully saturated rings. The minimum absolute atomic E-state index is 0.173. The lowest BCUT2D eigenvalue weighted by Crippen LogP contribution is -2.23. The second-order valence-electron chi connectivity index (χ2n) is 5.67. The van der Waals surface area contributed by atoms with Gasteiger partial charge in [-0.1, -0.05) is 42.1 Å². The molecule has 26 heavy (non-hydrogen) atoms. The van der Waals surface area contributed by atoms with Crippen LogP contribution < -0.4 is 5.32 Å². The zero-order valence-electron chi connectivity index (χ0n) is 14.5. The van der Waals surface area contributed by atoms with E-state index in [1.807, 2.05) is 41.8 Å². The molecule has 1 atom stereocenters. The van der Waals surface area contributed by atoms with E-state index in [1.54, 1.807) is 6.92 Å². The Balaban J connectivity index is 1.73. The average Bonchev–Trinajstić information content (AvgIpc) is 3.06. The van der Waals surface area contributed by atoms with E-state index in [0.29, 0.717) is 17.4 Å². The van der Waals surface area contributed by atoms with Gasteiger partial charge in [0.25, 0.3) is 0 Å². The largest absolute Gasteiger partial charge is 0.325 e. The van der Waals surface area contributed by atoms with Gasteiger partial charge in [-0.25, -0.2) is 4.39 Å². The van der Waals surface area contributed by atoms with E-state index in [2.05, 4.69) is 15.5 Å². The number of anilines is 1. The number of hydrogen-bond donors (Lipinski definition) is 1. The molecule has 134 valence electrons. The van der Waals surface area contributed by atoms with Crippen LogP contribution in [0.25, 0.3) is 11.4 Å². The average molecular weight is 370 g/mol. The number of rotatable bonds is 6. The van der Waals surface area contributed by atoms with Crippen LogP contribution in [0.2, 0.25) is 0 Å². The normalized spacial score (nSPS) is 12.0. The van der Waals surface area contributed by atoms with Gasteiger partial charge in [0, 0.05) is 17.8 Å². The van der Waals surface area contributed by atoms with Crippen LogP contribution in [0.15, 0.2) is 59.8 Å². The summed E-state index contributed by atoms with van der Waals surface area (Å²) in [4.78, 5) is 12.4. The van der Waals surface area contributed by atoms with Crippen molar-refractivity contribution in [2.45, 2.75) is 30.8 Å². The summed E-state index contributed by atoms with van der Waals surface area (Å²) in [5.74, 6) is 0.269. The summed E-state index contributed by atoms with van der Waals surface area (Å²) in [5.41, 5.74) is 1.54. The van der Waals surface area contributed by atoms with E-state index >= 15 is 0 Å². The van der Waals surface area contributed by atoms with Crippen molar-refractivity contribution < 1.29 is 9.18 Å². The third-order valence-electron chi connectivity index (χ3n) is 3.83. The van der Waals surface area contributed by atoms with Crippen LogP contribution in [-0.2, 0) is 11.3 Å². The first-order valence-electron chi connectivity index (χ1n) is 8.30. The number of nitrogens with zero attached hydrogens (tertiary/aromatic N) is 3. The van der Waals surface area contributed by atoms with E-state index in [-0.39, 0.29) is 17.0 Å². The third kappa shape index (κ3) is 4.11. The van der Waals surface area contributed by atoms with Crippen molar-refractivity contribution in [1.82, 2.24) is 14.8 Å². The van der Waals surface area contributed by atoms with Gasteiger partial charge in [0.1, 0.15) is 5.82 Å². The number of hydrogen-bond acceptors (Lipinski definition) is 4. The highest BCUT2D eigenvalue weighted by Crippen LogP contribution is 2.27. The quantitative estimate of drug-likeness (QED) is 0.660. The summed E-state index contributed by atoms with van der Waals surface area (Å²) in [5, 5.41) is 11.6. The monoisotopic (exact) mass is 370 g/mol. The van der Waals surface area contributed by atoms with Gasteiger partial charge >= 0.3 is 0 Å². The molecule has 1 aromatic heterocycles. The van der Waals surface area contributed by atoms with E-state index in [0.717, 1.165) is 11.4 Å². The summed E-state index contributed by atoms with van der Waals surface area (Å²) in [6.07, 6.45) is 0. The van der Waals surface area contributed by atoms with Crippen molar-refractivity contribution in [2.24, 2.45) is 0 Å². The molecule has 0 unspecified atom stereocenters. The second kappa shape index (κ2) is 8.14. The van der Waals surface area contributed by atoms with Crippen molar-refractivity contribution in [3.8, 4) is 11.4 Å². The molecular weight excluding hydrogens is 351 g/mol. The van der Waals surface area contributed by atoms with Crippen LogP contribution in [0.3, 0.4) is 0 Å². The van der Waals surface area contributed by atoms with Crippen LogP contribution in [0.5, 0.6) is 0 Å². The minimum atomic E-state index is -0.377. The van der Waals surface area contributed by atoms with Gasteiger partial charge in [-0.05, 0) is 38.1 Å². The molecule has 1 heterocycles. The summed E-state index contributed by atoms with van der Waals surface area (Å²) >= 11 is 1.34. The molecule has 1 N–H and O–H groups in total. The first-order chi connectivity index (χ1) is 12.6. The number of benzene rings is 2. The van der Waals surface area contributed by atoms with Gasteiger partial charge in [0.2, 0.25) is 5.91 Å². The van der Waals surface area contributed by atoms with E-state index in [4.69, 9.17) is 0 Å². The Morgan fingerprint density at radius 2 is 1.85 bits per heavy atom. The van der Waals surface area contributed by atoms with E-state index in [9.17, 15) is 9.18 Å². The number of thioether (sulfide) groups is 1. The lowest BCUT2D eigenvalue weighted by molar-refractivity contribution is -0.115. The van der Waals surface area contributed by atoms with Crippen molar-refractivity contribution in [3.05, 3.63) is 60.4 Å². The maximum absolute atomic E-state index is 13.0. The number of amides is 1. The van der Waals surface area contributed by atoms with Crippen LogP contribution >= 0.6 is 11.8 Å². The number of halogens is 1. The van der Waals surface area contributed by atoms with E-state index in [1.165, 1.54) is 36.0 Å². The Hall–Kier alpha value is -2.67. The predicted octanol–water partition coefficient (Wildman–Crippen LogP) is 4.22. The Bertz CT molecular complexity index is 880. The standard InChI is InChI=1S/C19H19FN4OS/c1-3-24-17(14-7-5-4-6-8-14)22-23-19(24)26-13(2)18(25)21-16-11-9-15(20)10-12-16/h4-13H,3H2,1-2H3,(H,21,25)/t13-/m1/s1. The summed E-state index contributed by atoms with van der Waals surface area (Å²) < 4.78 is 14.9. The number of nitrogens with one attached hydrogen (secondary N) is 1. The molecule has 5 nitrogen and oxygen atoms in total. The molecule has 3 aromatic rings. The SMILES string of the molecule is CCn1c(S[C@H](C)C(=O)Nc2ccc(F)cc2)nnc1-c1ccccc1. The molecule has 0 bridgehead atoms. The summed E-state index contributed by atoms with van der Waals surface area (Å²) in [6.45, 7) is 4.52. The van der Waals surface area contributed by atoms with Crippen molar-refractivity contribution in [2.75, 3.05) is 5.32 Å². The fraction of sp³-hybridized carbons (Fsp3) is 0.211. The number of carbonyl (C=O) groups excluding carboxylic acids is 1. The molecule has 0 radical (unpaired) electrons. The van der Waals surface area contributed by atoms with Gasteiger partial charge in [-0.2, -0.15) is 0 Å². The zero-order valence-corrected chi connectivity index (χ0v) is 15.3. The first-order valence-corrected chi connectivity index (χ1v) is 9.18. The maximum atomic E-state index is 13.0. The highest BCUT2D eigenvalue weighted by molar-refractivity contribution is 8.00. The van der Waals surface area contributed by atoms with Crippen LogP contribution in [0.4, 0.5) is 10.1 Å². The van der Waals surface area contributed by atoms with Gasteiger partial charge in [0.05, 0.1) is 5.25 Å². The number of aromatic nitrogens is 3. The summed E-state index contributed by atoms with van der Waals surface area (Å²) in [6, 6.07) is 15.5. The van der Waals surface area contributed by atoms with Crippen molar-refractivity contribution >= 4 is 23.4 Å². The van der Waals surface area contributed by atoms with Gasteiger partial charge in [0.15, 0.2) is 11.0 Å². The molecule has 7 heteroatoms. The minimum Gasteiger partial charge on any atom is -0.325 e. The Morgan fingerprint density at radius 3 is 2.50 bits per heavy atom. The predicted molar refractivity (Wildman–Crippen MR) is 101 cm³/mol. The topological polar surface area (TPSA) is 59.8 Å². The highest BCUT2D eigenvalue weighted by Gasteiger charge is 2.20. The molecule has 0 aliphatic heterocycles. The fourth-order valence-electron chi connectivity index (χ4n) is 2.45. The van der Waals surface area contributed by atoms with Gasteiger partial charge < -0.3 is 9.88 Å². The zero-order chi connectivity index (χ0) is 18.5. The third-order valence-corrected chi connectivity index (χ3v) is 4.91. The van der Waals surface area contributed by atoms with Crippen molar-refractivity contribution in [1.29, 1.82) is 0 Å². The Labute approximate surface area is 155 Å². The molecule has 0 aliphatic rings. The number of carbonyl (C=O) groups is 1. The Morgan fingerprint density at radius 1 is 1.15 bits per heavy atom. The molecule has 3 rings (SSSR count). The van der Waals surface area contributed by atoms with Gasteiger partial charge in [-0.3, -0.25) is 4.79 Å². The molecular formula is C19H19FN4OS. The van der Waals surface area contributed by atoms with E-state index < -0.39 is 0 Å². The summed E-state index contributed by atoms with van der Waals surface area (Å²) in [7, 11) is 0. The molecule has 0 aliphatic carbocycles. The second-order valence-corrected chi connectivity index (χ2v) is 6.98. The van der Waals surface area contributed by atoms with Crippen LogP contribution in [-0.4, -0.2) is 25.9 Å². The van der Waals surface area contributed by atoms with Crippen LogP contribution in [0, 0.1) is 5.82 Å². The Kier molecular flexibility index (Phi) is 5.68. The highest BCUT2D eigenvalue weighted by atomic mass is 32.2.